The number of aryl methyl sites for hydroxylation is 1. The SMILES string of the molecule is NCCCC[C@H](N[C@@H](CCc1ccccc1)C(=O)O)C(=O)N1CCC[C@@]1(F)C(=O)OC(=O)c1ccccc1. The normalized spacial score (nSPS) is 18.5. The molecule has 1 aliphatic rings. The number of halogens is 1. The summed E-state index contributed by atoms with van der Waals surface area (Å²) in [6, 6.07) is 14.9. The van der Waals surface area contributed by atoms with Crippen LogP contribution in [-0.2, 0) is 25.5 Å². The molecule has 0 radical (unpaired) electrons. The van der Waals surface area contributed by atoms with Crippen molar-refractivity contribution in [2.75, 3.05) is 13.1 Å². The Morgan fingerprint density at radius 2 is 1.66 bits per heavy atom. The van der Waals surface area contributed by atoms with Crippen LogP contribution in [0.1, 0.15) is 54.4 Å². The van der Waals surface area contributed by atoms with E-state index in [0.29, 0.717) is 25.8 Å². The maximum absolute atomic E-state index is 16.0. The smallest absolute Gasteiger partial charge is 0.373 e. The van der Waals surface area contributed by atoms with E-state index in [0.717, 1.165) is 10.5 Å². The van der Waals surface area contributed by atoms with Gasteiger partial charge in [-0.1, -0.05) is 55.0 Å². The zero-order valence-electron chi connectivity index (χ0n) is 21.2. The van der Waals surface area contributed by atoms with E-state index in [2.05, 4.69) is 5.32 Å². The summed E-state index contributed by atoms with van der Waals surface area (Å²) in [6.45, 7) is 0.308. The topological polar surface area (TPSA) is 139 Å². The van der Waals surface area contributed by atoms with E-state index in [1.807, 2.05) is 30.3 Å². The highest BCUT2D eigenvalue weighted by Gasteiger charge is 2.54. The third-order valence-corrected chi connectivity index (χ3v) is 6.60. The number of carboxylic acids is 1. The Morgan fingerprint density at radius 1 is 1.00 bits per heavy atom. The van der Waals surface area contributed by atoms with E-state index in [-0.39, 0.29) is 37.8 Å². The van der Waals surface area contributed by atoms with Crippen LogP contribution in [0.4, 0.5) is 4.39 Å². The van der Waals surface area contributed by atoms with Crippen LogP contribution >= 0.6 is 0 Å². The van der Waals surface area contributed by atoms with E-state index in [4.69, 9.17) is 10.5 Å². The average Bonchev–Trinajstić information content (AvgIpc) is 3.33. The van der Waals surface area contributed by atoms with Crippen LogP contribution in [-0.4, -0.2) is 64.8 Å². The monoisotopic (exact) mass is 527 g/mol. The Hall–Kier alpha value is -3.63. The van der Waals surface area contributed by atoms with Crippen molar-refractivity contribution in [1.29, 1.82) is 0 Å². The molecule has 0 saturated carbocycles. The van der Waals surface area contributed by atoms with Crippen LogP contribution < -0.4 is 11.1 Å². The molecule has 0 spiro atoms. The molecule has 2 aromatic carbocycles. The van der Waals surface area contributed by atoms with Gasteiger partial charge in [0.2, 0.25) is 5.91 Å². The second kappa shape index (κ2) is 13.8. The zero-order valence-corrected chi connectivity index (χ0v) is 21.2. The van der Waals surface area contributed by atoms with Crippen LogP contribution in [0.15, 0.2) is 60.7 Å². The molecule has 0 bridgehead atoms. The largest absolute Gasteiger partial charge is 0.480 e. The van der Waals surface area contributed by atoms with Gasteiger partial charge in [-0.3, -0.25) is 19.8 Å². The Labute approximate surface area is 221 Å². The van der Waals surface area contributed by atoms with Gasteiger partial charge in [0.1, 0.15) is 6.04 Å². The number of ether oxygens (including phenoxy) is 1. The summed E-state index contributed by atoms with van der Waals surface area (Å²) in [5.74, 6) is -7.21. The number of hydrogen-bond acceptors (Lipinski definition) is 7. The molecule has 0 aliphatic carbocycles. The molecule has 2 aromatic rings. The molecule has 1 amide bonds. The minimum Gasteiger partial charge on any atom is -0.480 e. The summed E-state index contributed by atoms with van der Waals surface area (Å²) in [6.07, 6.45) is 1.80. The van der Waals surface area contributed by atoms with Gasteiger partial charge >= 0.3 is 17.9 Å². The lowest BCUT2D eigenvalue weighted by Gasteiger charge is -2.33. The minimum absolute atomic E-state index is 0.0687. The number of nitrogens with two attached hydrogens (primary N) is 1. The van der Waals surface area contributed by atoms with Gasteiger partial charge in [0.25, 0.3) is 5.79 Å². The Bertz CT molecular complexity index is 1100. The average molecular weight is 528 g/mol. The lowest BCUT2D eigenvalue weighted by Crippen LogP contribution is -2.58. The summed E-state index contributed by atoms with van der Waals surface area (Å²) in [5, 5.41) is 12.7. The molecule has 4 N–H and O–H groups in total. The number of carbonyl (C=O) groups excluding carboxylic acids is 3. The number of esters is 2. The van der Waals surface area contributed by atoms with Gasteiger partial charge in [0.05, 0.1) is 11.6 Å². The highest BCUT2D eigenvalue weighted by Crippen LogP contribution is 2.33. The van der Waals surface area contributed by atoms with E-state index >= 15 is 4.39 Å². The predicted molar refractivity (Wildman–Crippen MR) is 138 cm³/mol. The Balaban J connectivity index is 1.74. The third-order valence-electron chi connectivity index (χ3n) is 6.60. The number of carbonyl (C=O) groups is 4. The van der Waals surface area contributed by atoms with Crippen molar-refractivity contribution in [2.45, 2.75) is 62.8 Å². The number of aliphatic carboxylic acids is 1. The summed E-state index contributed by atoms with van der Waals surface area (Å²) in [4.78, 5) is 51.5. The van der Waals surface area contributed by atoms with Gasteiger partial charge in [-0.05, 0) is 56.3 Å². The first-order valence-electron chi connectivity index (χ1n) is 12.8. The first kappa shape index (κ1) is 28.9. The number of benzene rings is 2. The van der Waals surface area contributed by atoms with Gasteiger partial charge in [0, 0.05) is 13.0 Å². The molecule has 1 aliphatic heterocycles. The highest BCUT2D eigenvalue weighted by molar-refractivity contribution is 6.00. The molecule has 204 valence electrons. The molecule has 10 heteroatoms. The molecule has 1 fully saturated rings. The summed E-state index contributed by atoms with van der Waals surface area (Å²) in [5.41, 5.74) is 6.61. The number of hydrogen-bond donors (Lipinski definition) is 3. The maximum Gasteiger partial charge on any atom is 0.373 e. The number of alkyl halides is 1. The molecule has 0 unspecified atom stereocenters. The first-order chi connectivity index (χ1) is 18.3. The van der Waals surface area contributed by atoms with Gasteiger partial charge < -0.3 is 15.6 Å². The second-order valence-corrected chi connectivity index (χ2v) is 9.31. The van der Waals surface area contributed by atoms with Crippen molar-refractivity contribution < 1.29 is 33.4 Å². The highest BCUT2D eigenvalue weighted by atomic mass is 19.1. The van der Waals surface area contributed by atoms with Gasteiger partial charge in [0.15, 0.2) is 0 Å². The number of nitrogens with zero attached hydrogens (tertiary/aromatic N) is 1. The summed E-state index contributed by atoms with van der Waals surface area (Å²) >= 11 is 0. The fourth-order valence-electron chi connectivity index (χ4n) is 4.51. The zero-order chi connectivity index (χ0) is 27.5. The third kappa shape index (κ3) is 7.45. The van der Waals surface area contributed by atoms with Gasteiger partial charge in [-0.2, -0.15) is 0 Å². The van der Waals surface area contributed by atoms with Crippen LogP contribution in [0.3, 0.4) is 0 Å². The van der Waals surface area contributed by atoms with Crippen molar-refractivity contribution in [1.82, 2.24) is 10.2 Å². The molecular weight excluding hydrogens is 493 g/mol. The standard InChI is InChI=1S/C28H34FN3O6/c29-28(27(37)38-26(36)21-12-5-2-6-13-21)17-9-19-32(28)24(33)22(14-7-8-18-30)31-23(25(34)35)16-15-20-10-3-1-4-11-20/h1-6,10-13,22-23,31H,7-9,14-19,30H2,(H,34,35)/t22-,23-,28-/m0/s1. The minimum atomic E-state index is -2.84. The molecule has 9 nitrogen and oxygen atoms in total. The lowest BCUT2D eigenvalue weighted by molar-refractivity contribution is -0.171. The molecule has 38 heavy (non-hydrogen) atoms. The fraction of sp³-hybridized carbons (Fsp3) is 0.429. The van der Waals surface area contributed by atoms with Crippen LogP contribution in [0, 0.1) is 0 Å². The lowest BCUT2D eigenvalue weighted by atomic mass is 10.0. The van der Waals surface area contributed by atoms with Crippen molar-refractivity contribution in [3.63, 3.8) is 0 Å². The van der Waals surface area contributed by atoms with Crippen LogP contribution in [0.5, 0.6) is 0 Å². The summed E-state index contributed by atoms with van der Waals surface area (Å²) in [7, 11) is 0. The van der Waals surface area contributed by atoms with E-state index in [1.54, 1.807) is 18.2 Å². The molecule has 1 saturated heterocycles. The predicted octanol–water partition coefficient (Wildman–Crippen LogP) is 2.83. The molecular formula is C28H34FN3O6. The quantitative estimate of drug-likeness (QED) is 0.156. The second-order valence-electron chi connectivity index (χ2n) is 9.31. The van der Waals surface area contributed by atoms with Crippen LogP contribution in [0.25, 0.3) is 0 Å². The van der Waals surface area contributed by atoms with Crippen molar-refractivity contribution in [2.24, 2.45) is 5.73 Å². The Kier molecular flexibility index (Phi) is 10.5. The maximum atomic E-state index is 16.0. The number of carboxylic acid groups (broad SMARTS) is 1. The molecule has 0 aromatic heterocycles. The van der Waals surface area contributed by atoms with Crippen molar-refractivity contribution in [3.8, 4) is 0 Å². The number of rotatable bonds is 13. The molecule has 1 heterocycles. The van der Waals surface area contributed by atoms with Gasteiger partial charge in [-0.15, -0.1) is 0 Å². The number of unbranched alkanes of at least 4 members (excludes halogenated alkanes) is 1. The number of nitrogens with one attached hydrogen (secondary N) is 1. The van der Waals surface area contributed by atoms with E-state index in [1.165, 1.54) is 12.1 Å². The van der Waals surface area contributed by atoms with E-state index < -0.39 is 41.7 Å². The van der Waals surface area contributed by atoms with E-state index in [9.17, 15) is 24.3 Å². The van der Waals surface area contributed by atoms with Crippen molar-refractivity contribution in [3.05, 3.63) is 71.8 Å². The first-order valence-corrected chi connectivity index (χ1v) is 12.8. The fourth-order valence-corrected chi connectivity index (χ4v) is 4.51. The Morgan fingerprint density at radius 3 is 2.29 bits per heavy atom. The van der Waals surface area contributed by atoms with Gasteiger partial charge in [-0.25, -0.2) is 14.0 Å². The number of likely N-dealkylation sites (tertiary alicyclic amines) is 1. The number of amides is 1. The summed E-state index contributed by atoms with van der Waals surface area (Å²) < 4.78 is 20.8. The molecule has 3 rings (SSSR count). The van der Waals surface area contributed by atoms with Crippen LogP contribution in [0.2, 0.25) is 0 Å². The molecule has 3 atom stereocenters. The van der Waals surface area contributed by atoms with Crippen molar-refractivity contribution >= 4 is 23.8 Å².